The van der Waals surface area contributed by atoms with Gasteiger partial charge in [-0.15, -0.1) is 0 Å². The molecule has 0 aromatic heterocycles. The Morgan fingerprint density at radius 2 is 1.38 bits per heavy atom. The third kappa shape index (κ3) is 57.5. The van der Waals surface area contributed by atoms with Crippen LogP contribution in [0.3, 0.4) is 0 Å². The predicted molar refractivity (Wildman–Crippen MR) is 32.8 cm³/mol. The zero-order valence-electron chi connectivity index (χ0n) is 5.57. The van der Waals surface area contributed by atoms with Gasteiger partial charge in [-0.1, -0.05) is 33.1 Å². The summed E-state index contributed by atoms with van der Waals surface area (Å²) in [6.07, 6.45) is 4.08. The summed E-state index contributed by atoms with van der Waals surface area (Å²) in [7, 11) is 0. The lowest BCUT2D eigenvalue weighted by molar-refractivity contribution is 0.772. The molecule has 0 spiro atoms. The Hall–Kier alpha value is -0.690. The molecule has 0 atom stereocenters. The average molecular weight is 116 g/mol. The van der Waals surface area contributed by atoms with E-state index in [0.717, 1.165) is 0 Å². The molecule has 0 aromatic carbocycles. The number of nitrogens with one attached hydrogen (secondary N) is 2. The summed E-state index contributed by atoms with van der Waals surface area (Å²) in [5.41, 5.74) is 11.0. The molecule has 0 rings (SSSR count). The molecule has 0 aliphatic rings. The van der Waals surface area contributed by atoms with Gasteiger partial charge in [0.05, 0.1) is 0 Å². The molecule has 0 radical (unpaired) electrons. The van der Waals surface area contributed by atoms with Gasteiger partial charge in [0.25, 0.3) is 0 Å². The first-order chi connectivity index (χ1) is 3.83. The maximum atomic E-state index is 5.50. The number of rotatable bonds is 2. The summed E-state index contributed by atoms with van der Waals surface area (Å²) in [6, 6.07) is 0. The number of nitrogens with zero attached hydrogens (tertiary/aromatic N) is 1. The third-order valence-electron chi connectivity index (χ3n) is 0.707. The minimum atomic E-state index is 1.34. The van der Waals surface area contributed by atoms with Crippen molar-refractivity contribution in [1.82, 2.24) is 4.91 Å². The van der Waals surface area contributed by atoms with E-state index in [4.69, 9.17) is 11.1 Å². The van der Waals surface area contributed by atoms with E-state index in [1.54, 1.807) is 0 Å². The molecular formula is C5H14N3+. The van der Waals surface area contributed by atoms with Crippen LogP contribution >= 0.6 is 0 Å². The van der Waals surface area contributed by atoms with Crippen molar-refractivity contribution in [2.75, 3.05) is 0 Å². The standard InChI is InChI=1S/C5H12.H2N3/c1-3-5-4-2;1-3-2/h3-5H2,1-2H3;1-2H/q;+1. The van der Waals surface area contributed by atoms with Crippen LogP contribution < -0.4 is 4.91 Å². The van der Waals surface area contributed by atoms with E-state index in [1.165, 1.54) is 19.3 Å². The predicted octanol–water partition coefficient (Wildman–Crippen LogP) is 2.31. The Morgan fingerprint density at radius 3 is 1.38 bits per heavy atom. The molecule has 2 N–H and O–H groups in total. The van der Waals surface area contributed by atoms with Crippen molar-refractivity contribution in [3.63, 3.8) is 0 Å². The topological polar surface area (TPSA) is 61.8 Å². The van der Waals surface area contributed by atoms with E-state index in [-0.39, 0.29) is 0 Å². The van der Waals surface area contributed by atoms with E-state index in [9.17, 15) is 0 Å². The van der Waals surface area contributed by atoms with Crippen LogP contribution in [0.25, 0.3) is 0 Å². The summed E-state index contributed by atoms with van der Waals surface area (Å²) < 4.78 is 0. The highest BCUT2D eigenvalue weighted by Crippen LogP contribution is 1.88. The molecule has 0 unspecified atom stereocenters. The summed E-state index contributed by atoms with van der Waals surface area (Å²) >= 11 is 0. The SMILES string of the molecule is CCCCC.N=[N+]=N. The summed E-state index contributed by atoms with van der Waals surface area (Å²) in [5, 5.41) is 0. The van der Waals surface area contributed by atoms with Crippen molar-refractivity contribution in [3.05, 3.63) is 0 Å². The molecule has 0 fully saturated rings. The Kier molecular flexibility index (Phi) is 21.0. The number of unbranched alkanes of at least 4 members (excludes halogenated alkanes) is 2. The minimum absolute atomic E-state index is 1.34. The van der Waals surface area contributed by atoms with Gasteiger partial charge in [-0.25, -0.2) is 0 Å². The fourth-order valence-corrected chi connectivity index (χ4v) is 0.354. The Bertz CT molecular complexity index is 52.7. The van der Waals surface area contributed by atoms with E-state index < -0.39 is 0 Å². The first-order valence-electron chi connectivity index (χ1n) is 2.86. The molecule has 8 heavy (non-hydrogen) atoms. The lowest BCUT2D eigenvalue weighted by Gasteiger charge is -1.79. The normalized spacial score (nSPS) is 6.25. The monoisotopic (exact) mass is 116 g/mol. The first kappa shape index (κ1) is 10.3. The summed E-state index contributed by atoms with van der Waals surface area (Å²) in [4.78, 5) is 2.00. The van der Waals surface area contributed by atoms with Crippen molar-refractivity contribution >= 4 is 0 Å². The lowest BCUT2D eigenvalue weighted by Crippen LogP contribution is -1.59. The molecule has 0 aliphatic carbocycles. The molecule has 0 bridgehead atoms. The van der Waals surface area contributed by atoms with Crippen LogP contribution in [0.2, 0.25) is 0 Å². The zero-order valence-corrected chi connectivity index (χ0v) is 5.57. The second-order valence-electron chi connectivity index (χ2n) is 1.47. The van der Waals surface area contributed by atoms with E-state index in [0.29, 0.717) is 0 Å². The quantitative estimate of drug-likeness (QED) is 0.411. The lowest BCUT2D eigenvalue weighted by atomic mass is 10.3. The molecule has 0 saturated carbocycles. The van der Waals surface area contributed by atoms with Gasteiger partial charge in [0.15, 0.2) is 0 Å². The van der Waals surface area contributed by atoms with Crippen LogP contribution in [0.1, 0.15) is 33.1 Å². The van der Waals surface area contributed by atoms with Gasteiger partial charge in [0.1, 0.15) is 11.1 Å². The molecule has 3 heteroatoms. The molecule has 0 saturated heterocycles. The fourth-order valence-electron chi connectivity index (χ4n) is 0.354. The van der Waals surface area contributed by atoms with Gasteiger partial charge < -0.3 is 0 Å². The Labute approximate surface area is 50.1 Å². The minimum Gasteiger partial charge on any atom is -0.0654 e. The van der Waals surface area contributed by atoms with Crippen LogP contribution in [0, 0.1) is 11.1 Å². The third-order valence-corrected chi connectivity index (χ3v) is 0.707. The average Bonchev–Trinajstić information content (AvgIpc) is 1.71. The van der Waals surface area contributed by atoms with Crippen LogP contribution in [-0.4, -0.2) is 0 Å². The van der Waals surface area contributed by atoms with E-state index in [2.05, 4.69) is 13.8 Å². The van der Waals surface area contributed by atoms with Gasteiger partial charge >= 0.3 is 0 Å². The molecule has 0 heterocycles. The van der Waals surface area contributed by atoms with Crippen molar-refractivity contribution in [2.45, 2.75) is 33.1 Å². The molecule has 3 nitrogen and oxygen atoms in total. The highest BCUT2D eigenvalue weighted by molar-refractivity contribution is 4.24. The smallest absolute Gasteiger partial charge is 0.0654 e. The highest BCUT2D eigenvalue weighted by atomic mass is 15.0. The Balaban J connectivity index is 0. The van der Waals surface area contributed by atoms with Crippen LogP contribution in [0.15, 0.2) is 0 Å². The van der Waals surface area contributed by atoms with Crippen molar-refractivity contribution in [1.29, 1.82) is 11.1 Å². The molecule has 48 valence electrons. The summed E-state index contributed by atoms with van der Waals surface area (Å²) in [6.45, 7) is 4.42. The van der Waals surface area contributed by atoms with Crippen LogP contribution in [0.5, 0.6) is 0 Å². The van der Waals surface area contributed by atoms with Gasteiger partial charge in [0.2, 0.25) is 4.91 Å². The molecular weight excluding hydrogens is 102 g/mol. The number of hydrogen-bond acceptors (Lipinski definition) is 2. The maximum absolute atomic E-state index is 5.50. The van der Waals surface area contributed by atoms with Gasteiger partial charge in [-0.3, -0.25) is 0 Å². The summed E-state index contributed by atoms with van der Waals surface area (Å²) in [5.74, 6) is 0. The second kappa shape index (κ2) is 16.2. The van der Waals surface area contributed by atoms with Crippen LogP contribution in [0.4, 0.5) is 0 Å². The highest BCUT2D eigenvalue weighted by Gasteiger charge is 1.68. The largest absolute Gasteiger partial charge is 0.211 e. The van der Waals surface area contributed by atoms with Gasteiger partial charge in [-0.05, 0) is 0 Å². The molecule has 0 amide bonds. The maximum Gasteiger partial charge on any atom is 0.211 e. The Morgan fingerprint density at radius 1 is 1.12 bits per heavy atom. The van der Waals surface area contributed by atoms with Crippen molar-refractivity contribution in [3.8, 4) is 0 Å². The second-order valence-corrected chi connectivity index (χ2v) is 1.47. The van der Waals surface area contributed by atoms with Crippen molar-refractivity contribution < 1.29 is 0 Å². The van der Waals surface area contributed by atoms with E-state index >= 15 is 0 Å². The number of hydrogen-bond donors (Lipinski definition) is 2. The van der Waals surface area contributed by atoms with Gasteiger partial charge in [0, 0.05) is 0 Å². The zero-order chi connectivity index (χ0) is 6.83. The fraction of sp³-hybridized carbons (Fsp3) is 1.00. The first-order valence-corrected chi connectivity index (χ1v) is 2.86. The van der Waals surface area contributed by atoms with Gasteiger partial charge in [-0.2, -0.15) is 0 Å². The molecule has 0 aromatic rings. The molecule has 0 aliphatic heterocycles. The van der Waals surface area contributed by atoms with E-state index in [1.807, 2.05) is 4.91 Å². The van der Waals surface area contributed by atoms with Crippen LogP contribution in [-0.2, 0) is 0 Å². The van der Waals surface area contributed by atoms with Crippen molar-refractivity contribution in [2.24, 2.45) is 0 Å².